The highest BCUT2D eigenvalue weighted by Crippen LogP contribution is 2.14. The summed E-state index contributed by atoms with van der Waals surface area (Å²) in [6.45, 7) is 4.50. The number of benzene rings is 2. The largest absolute Gasteiger partial charge is 0.324 e. The second kappa shape index (κ2) is 7.00. The maximum atomic E-state index is 12.2. The lowest BCUT2D eigenvalue weighted by molar-refractivity contribution is 0.262. The molecule has 3 aromatic rings. The van der Waals surface area contributed by atoms with E-state index in [0.29, 0.717) is 12.4 Å². The molecule has 0 fully saturated rings. The molecule has 0 bridgehead atoms. The number of rotatable bonds is 4. The van der Waals surface area contributed by atoms with Crippen molar-refractivity contribution in [2.24, 2.45) is 0 Å². The summed E-state index contributed by atoms with van der Waals surface area (Å²) < 4.78 is 1.79. The molecule has 0 aliphatic heterocycles. The standard InChI is InChI=1S/C19H20N4O/c1-14-7-6-10-17(11-14)20-19(24)21-18-12-15(2)22-23(18)13-16-8-4-3-5-9-16/h3-12H,13H2,1-2H3,(H2,20,21,24). The highest BCUT2D eigenvalue weighted by atomic mass is 16.2. The van der Waals surface area contributed by atoms with Crippen LogP contribution in [0.2, 0.25) is 0 Å². The molecule has 2 N–H and O–H groups in total. The van der Waals surface area contributed by atoms with Gasteiger partial charge in [0.25, 0.3) is 0 Å². The zero-order valence-corrected chi connectivity index (χ0v) is 13.8. The van der Waals surface area contributed by atoms with E-state index in [1.54, 1.807) is 4.68 Å². The Balaban J connectivity index is 1.71. The van der Waals surface area contributed by atoms with Crippen LogP contribution in [0.25, 0.3) is 0 Å². The van der Waals surface area contributed by atoms with Crippen molar-refractivity contribution in [2.75, 3.05) is 10.6 Å². The number of anilines is 2. The van der Waals surface area contributed by atoms with Gasteiger partial charge in [0.2, 0.25) is 0 Å². The van der Waals surface area contributed by atoms with E-state index in [9.17, 15) is 4.79 Å². The molecule has 0 spiro atoms. The number of hydrogen-bond donors (Lipinski definition) is 2. The Morgan fingerprint density at radius 3 is 2.54 bits per heavy atom. The van der Waals surface area contributed by atoms with Gasteiger partial charge in [-0.2, -0.15) is 5.10 Å². The Morgan fingerprint density at radius 2 is 1.79 bits per heavy atom. The van der Waals surface area contributed by atoms with Crippen LogP contribution in [0.15, 0.2) is 60.7 Å². The third-order valence-electron chi connectivity index (χ3n) is 3.59. The van der Waals surface area contributed by atoms with Crippen molar-refractivity contribution >= 4 is 17.5 Å². The van der Waals surface area contributed by atoms with E-state index in [2.05, 4.69) is 15.7 Å². The van der Waals surface area contributed by atoms with E-state index in [0.717, 1.165) is 22.5 Å². The number of urea groups is 1. The molecule has 1 aromatic heterocycles. The number of aromatic nitrogens is 2. The number of carbonyl (C=O) groups is 1. The summed E-state index contributed by atoms with van der Waals surface area (Å²) in [5.74, 6) is 0.668. The Labute approximate surface area is 141 Å². The fourth-order valence-electron chi connectivity index (χ4n) is 2.52. The van der Waals surface area contributed by atoms with Gasteiger partial charge in [0.1, 0.15) is 5.82 Å². The SMILES string of the molecule is Cc1cccc(NC(=O)Nc2cc(C)nn2Cc2ccccc2)c1. The van der Waals surface area contributed by atoms with Crippen molar-refractivity contribution in [1.29, 1.82) is 0 Å². The number of nitrogens with one attached hydrogen (secondary N) is 2. The zero-order chi connectivity index (χ0) is 16.9. The maximum Gasteiger partial charge on any atom is 0.324 e. The molecule has 0 unspecified atom stereocenters. The Morgan fingerprint density at radius 1 is 1.00 bits per heavy atom. The Bertz CT molecular complexity index is 840. The van der Waals surface area contributed by atoms with Gasteiger partial charge >= 0.3 is 6.03 Å². The minimum Gasteiger partial charge on any atom is -0.308 e. The molecule has 24 heavy (non-hydrogen) atoms. The van der Waals surface area contributed by atoms with E-state index < -0.39 is 0 Å². The highest BCUT2D eigenvalue weighted by Gasteiger charge is 2.10. The van der Waals surface area contributed by atoms with Crippen LogP contribution in [-0.4, -0.2) is 15.8 Å². The second-order valence-electron chi connectivity index (χ2n) is 5.76. The van der Waals surface area contributed by atoms with Gasteiger partial charge in [0, 0.05) is 11.8 Å². The molecule has 3 rings (SSSR count). The molecule has 1 heterocycles. The summed E-state index contributed by atoms with van der Waals surface area (Å²) in [4.78, 5) is 12.2. The van der Waals surface area contributed by atoms with Crippen LogP contribution in [0, 0.1) is 13.8 Å². The lowest BCUT2D eigenvalue weighted by Crippen LogP contribution is -2.21. The fraction of sp³-hybridized carbons (Fsp3) is 0.158. The van der Waals surface area contributed by atoms with Crippen LogP contribution >= 0.6 is 0 Å². The molecule has 0 saturated carbocycles. The summed E-state index contributed by atoms with van der Waals surface area (Å²) in [6, 6.07) is 19.3. The van der Waals surface area contributed by atoms with E-state index in [4.69, 9.17) is 0 Å². The molecule has 2 aromatic carbocycles. The Hall–Kier alpha value is -3.08. The first kappa shape index (κ1) is 15.8. The quantitative estimate of drug-likeness (QED) is 0.757. The summed E-state index contributed by atoms with van der Waals surface area (Å²) in [7, 11) is 0. The molecule has 0 aliphatic carbocycles. The van der Waals surface area contributed by atoms with Gasteiger partial charge in [-0.05, 0) is 37.1 Å². The van der Waals surface area contributed by atoms with Crippen LogP contribution in [0.1, 0.15) is 16.8 Å². The molecule has 0 atom stereocenters. The lowest BCUT2D eigenvalue weighted by Gasteiger charge is -2.10. The van der Waals surface area contributed by atoms with Crippen molar-refractivity contribution in [2.45, 2.75) is 20.4 Å². The first-order chi connectivity index (χ1) is 11.6. The number of hydrogen-bond acceptors (Lipinski definition) is 2. The van der Waals surface area contributed by atoms with E-state index in [-0.39, 0.29) is 6.03 Å². The minimum absolute atomic E-state index is 0.283. The second-order valence-corrected chi connectivity index (χ2v) is 5.76. The summed E-state index contributed by atoms with van der Waals surface area (Å²) in [5, 5.41) is 10.2. The summed E-state index contributed by atoms with van der Waals surface area (Å²) in [5.41, 5.74) is 3.84. The van der Waals surface area contributed by atoms with Crippen LogP contribution in [0.5, 0.6) is 0 Å². The van der Waals surface area contributed by atoms with Crippen LogP contribution in [0.3, 0.4) is 0 Å². The average molecular weight is 320 g/mol. The third-order valence-corrected chi connectivity index (χ3v) is 3.59. The first-order valence-electron chi connectivity index (χ1n) is 7.83. The summed E-state index contributed by atoms with van der Waals surface area (Å²) in [6.07, 6.45) is 0. The number of nitrogens with zero attached hydrogens (tertiary/aromatic N) is 2. The van der Waals surface area contributed by atoms with Gasteiger partial charge in [-0.3, -0.25) is 5.32 Å². The number of carbonyl (C=O) groups excluding carboxylic acids is 1. The van der Waals surface area contributed by atoms with Gasteiger partial charge < -0.3 is 5.32 Å². The predicted octanol–water partition coefficient (Wildman–Crippen LogP) is 4.19. The third kappa shape index (κ3) is 4.01. The average Bonchev–Trinajstić information content (AvgIpc) is 2.87. The topological polar surface area (TPSA) is 59.0 Å². The predicted molar refractivity (Wildman–Crippen MR) is 96.3 cm³/mol. The molecule has 5 heteroatoms. The van der Waals surface area contributed by atoms with Gasteiger partial charge in [-0.15, -0.1) is 0 Å². The molecule has 2 amide bonds. The summed E-state index contributed by atoms with van der Waals surface area (Å²) >= 11 is 0. The number of amides is 2. The van der Waals surface area contributed by atoms with Crippen LogP contribution in [0.4, 0.5) is 16.3 Å². The minimum atomic E-state index is -0.283. The fourth-order valence-corrected chi connectivity index (χ4v) is 2.52. The van der Waals surface area contributed by atoms with Crippen molar-refractivity contribution < 1.29 is 4.79 Å². The zero-order valence-electron chi connectivity index (χ0n) is 13.8. The van der Waals surface area contributed by atoms with Crippen molar-refractivity contribution in [3.05, 3.63) is 77.5 Å². The smallest absolute Gasteiger partial charge is 0.308 e. The highest BCUT2D eigenvalue weighted by molar-refractivity contribution is 5.99. The lowest BCUT2D eigenvalue weighted by atomic mass is 10.2. The molecular formula is C19H20N4O. The van der Waals surface area contributed by atoms with Crippen molar-refractivity contribution in [3.8, 4) is 0 Å². The van der Waals surface area contributed by atoms with E-state index in [1.165, 1.54) is 0 Å². The maximum absolute atomic E-state index is 12.2. The van der Waals surface area contributed by atoms with Crippen LogP contribution < -0.4 is 10.6 Å². The monoisotopic (exact) mass is 320 g/mol. The van der Waals surface area contributed by atoms with E-state index in [1.807, 2.05) is 74.5 Å². The molecule has 0 saturated heterocycles. The van der Waals surface area contributed by atoms with E-state index >= 15 is 0 Å². The molecule has 5 nitrogen and oxygen atoms in total. The molecule has 0 aliphatic rings. The Kier molecular flexibility index (Phi) is 4.61. The molecule has 0 radical (unpaired) electrons. The van der Waals surface area contributed by atoms with Gasteiger partial charge in [0.05, 0.1) is 12.2 Å². The first-order valence-corrected chi connectivity index (χ1v) is 7.83. The van der Waals surface area contributed by atoms with Crippen molar-refractivity contribution in [3.63, 3.8) is 0 Å². The van der Waals surface area contributed by atoms with Gasteiger partial charge in [-0.1, -0.05) is 42.5 Å². The van der Waals surface area contributed by atoms with Gasteiger partial charge in [-0.25, -0.2) is 9.48 Å². The van der Waals surface area contributed by atoms with Crippen LogP contribution in [-0.2, 0) is 6.54 Å². The van der Waals surface area contributed by atoms with Crippen molar-refractivity contribution in [1.82, 2.24) is 9.78 Å². The van der Waals surface area contributed by atoms with Gasteiger partial charge in [0.15, 0.2) is 0 Å². The number of aryl methyl sites for hydroxylation is 2. The molecule has 122 valence electrons. The normalized spacial score (nSPS) is 10.4. The molecular weight excluding hydrogens is 300 g/mol.